The molecule has 20 heavy (non-hydrogen) atoms. The van der Waals surface area contributed by atoms with Gasteiger partial charge in [0.2, 0.25) is 0 Å². The Hall–Kier alpha value is -0.770. The lowest BCUT2D eigenvalue weighted by Crippen LogP contribution is -2.33. The average Bonchev–Trinajstić information content (AvgIpc) is 2.76. The number of nitrogens with zero attached hydrogens (tertiary/aromatic N) is 1. The van der Waals surface area contributed by atoms with Gasteiger partial charge >= 0.3 is 0 Å². The third kappa shape index (κ3) is 4.11. The Labute approximate surface area is 128 Å². The maximum Gasteiger partial charge on any atom is 0.125 e. The summed E-state index contributed by atoms with van der Waals surface area (Å²) in [7, 11) is 0. The van der Waals surface area contributed by atoms with Crippen molar-refractivity contribution in [2.24, 2.45) is 11.1 Å². The Kier molecular flexibility index (Phi) is 6.31. The highest BCUT2D eigenvalue weighted by molar-refractivity contribution is 5.85. The Morgan fingerprint density at radius 2 is 1.95 bits per heavy atom. The number of hydrogen-bond acceptors (Lipinski definition) is 3. The standard InChI is InChI=1S/C16H26N2O.ClH/c1-13-5-4-6-14(2)15(13)19-10-9-18-8-7-16(3,11-17)12-18;/h4-6H,7-12,17H2,1-3H3;1H. The first-order chi connectivity index (χ1) is 9.04. The van der Waals surface area contributed by atoms with Crippen LogP contribution in [-0.4, -0.2) is 37.7 Å². The van der Waals surface area contributed by atoms with Crippen LogP contribution >= 0.6 is 12.4 Å². The molecule has 0 bridgehead atoms. The molecule has 0 aliphatic carbocycles. The summed E-state index contributed by atoms with van der Waals surface area (Å²) in [6, 6.07) is 6.28. The van der Waals surface area contributed by atoms with Crippen LogP contribution in [0.4, 0.5) is 0 Å². The minimum absolute atomic E-state index is 0. The fraction of sp³-hybridized carbons (Fsp3) is 0.625. The highest BCUT2D eigenvalue weighted by Gasteiger charge is 2.31. The summed E-state index contributed by atoms with van der Waals surface area (Å²) in [6.07, 6.45) is 1.20. The zero-order chi connectivity index (χ0) is 13.9. The van der Waals surface area contributed by atoms with Crippen molar-refractivity contribution in [2.75, 3.05) is 32.8 Å². The fourth-order valence-corrected chi connectivity index (χ4v) is 2.79. The van der Waals surface area contributed by atoms with Crippen LogP contribution < -0.4 is 10.5 Å². The molecule has 1 saturated heterocycles. The van der Waals surface area contributed by atoms with Gasteiger partial charge in [-0.25, -0.2) is 0 Å². The summed E-state index contributed by atoms with van der Waals surface area (Å²) in [6.45, 7) is 11.2. The first-order valence-electron chi connectivity index (χ1n) is 7.15. The fourth-order valence-electron chi connectivity index (χ4n) is 2.79. The molecule has 3 nitrogen and oxygen atoms in total. The van der Waals surface area contributed by atoms with Gasteiger partial charge in [0.25, 0.3) is 0 Å². The first kappa shape index (κ1) is 17.3. The lowest BCUT2D eigenvalue weighted by Gasteiger charge is -2.22. The molecule has 1 heterocycles. The predicted molar refractivity (Wildman–Crippen MR) is 86.9 cm³/mol. The van der Waals surface area contributed by atoms with E-state index in [1.807, 2.05) is 0 Å². The molecule has 114 valence electrons. The van der Waals surface area contributed by atoms with E-state index in [0.29, 0.717) is 5.41 Å². The number of nitrogens with two attached hydrogens (primary N) is 1. The van der Waals surface area contributed by atoms with Gasteiger partial charge in [0.15, 0.2) is 0 Å². The molecule has 0 saturated carbocycles. The van der Waals surface area contributed by atoms with E-state index in [-0.39, 0.29) is 12.4 Å². The number of para-hydroxylation sites is 1. The van der Waals surface area contributed by atoms with Crippen molar-refractivity contribution in [1.29, 1.82) is 0 Å². The number of rotatable bonds is 5. The highest BCUT2D eigenvalue weighted by atomic mass is 35.5. The van der Waals surface area contributed by atoms with Crippen LogP contribution in [-0.2, 0) is 0 Å². The lowest BCUT2D eigenvalue weighted by molar-refractivity contribution is 0.218. The van der Waals surface area contributed by atoms with Crippen molar-refractivity contribution in [3.05, 3.63) is 29.3 Å². The molecule has 4 heteroatoms. The Balaban J connectivity index is 0.00000200. The van der Waals surface area contributed by atoms with E-state index in [2.05, 4.69) is 43.9 Å². The molecule has 0 radical (unpaired) electrons. The molecule has 2 N–H and O–H groups in total. The van der Waals surface area contributed by atoms with Crippen molar-refractivity contribution in [1.82, 2.24) is 4.90 Å². The highest BCUT2D eigenvalue weighted by Crippen LogP contribution is 2.28. The summed E-state index contributed by atoms with van der Waals surface area (Å²) in [5.41, 5.74) is 8.57. The third-order valence-electron chi connectivity index (χ3n) is 4.19. The maximum absolute atomic E-state index is 5.96. The zero-order valence-electron chi connectivity index (χ0n) is 12.8. The van der Waals surface area contributed by atoms with Crippen LogP contribution in [0, 0.1) is 19.3 Å². The molecule has 1 aliphatic heterocycles. The normalized spacial score (nSPS) is 22.6. The number of benzene rings is 1. The van der Waals surface area contributed by atoms with Crippen LogP contribution in [0.1, 0.15) is 24.5 Å². The van der Waals surface area contributed by atoms with Crippen molar-refractivity contribution in [2.45, 2.75) is 27.2 Å². The molecular weight excluding hydrogens is 272 g/mol. The third-order valence-corrected chi connectivity index (χ3v) is 4.19. The summed E-state index contributed by atoms with van der Waals surface area (Å²) in [5, 5.41) is 0. The van der Waals surface area contributed by atoms with Crippen molar-refractivity contribution in [3.8, 4) is 5.75 Å². The Morgan fingerprint density at radius 1 is 1.30 bits per heavy atom. The zero-order valence-corrected chi connectivity index (χ0v) is 13.6. The van der Waals surface area contributed by atoms with Crippen LogP contribution in [0.15, 0.2) is 18.2 Å². The second kappa shape index (κ2) is 7.30. The smallest absolute Gasteiger partial charge is 0.125 e. The van der Waals surface area contributed by atoms with Crippen LogP contribution in [0.25, 0.3) is 0 Å². The molecule has 1 atom stereocenters. The van der Waals surface area contributed by atoms with Crippen molar-refractivity contribution >= 4 is 12.4 Å². The predicted octanol–water partition coefficient (Wildman–Crippen LogP) is 2.77. The summed E-state index contributed by atoms with van der Waals surface area (Å²) < 4.78 is 5.96. The number of hydrogen-bond donors (Lipinski definition) is 1. The van der Waals surface area contributed by atoms with Gasteiger partial charge in [0.05, 0.1) is 0 Å². The lowest BCUT2D eigenvalue weighted by atomic mass is 9.90. The molecule has 1 aromatic carbocycles. The van der Waals surface area contributed by atoms with Gasteiger partial charge in [-0.15, -0.1) is 12.4 Å². The van der Waals surface area contributed by atoms with Gasteiger partial charge < -0.3 is 10.5 Å². The number of likely N-dealkylation sites (tertiary alicyclic amines) is 1. The van der Waals surface area contributed by atoms with Crippen LogP contribution in [0.2, 0.25) is 0 Å². The number of halogens is 1. The first-order valence-corrected chi connectivity index (χ1v) is 7.15. The molecule has 0 aromatic heterocycles. The number of aryl methyl sites for hydroxylation is 2. The Morgan fingerprint density at radius 3 is 2.50 bits per heavy atom. The van der Waals surface area contributed by atoms with Crippen molar-refractivity contribution in [3.63, 3.8) is 0 Å². The second-order valence-corrected chi connectivity index (χ2v) is 6.11. The molecular formula is C16H27ClN2O. The maximum atomic E-state index is 5.96. The summed E-state index contributed by atoms with van der Waals surface area (Å²) in [5.74, 6) is 1.04. The SMILES string of the molecule is Cc1cccc(C)c1OCCN1CCC(C)(CN)C1.Cl. The molecule has 1 fully saturated rings. The van der Waals surface area contributed by atoms with E-state index in [1.54, 1.807) is 0 Å². The Bertz CT molecular complexity index is 418. The van der Waals surface area contributed by atoms with E-state index in [1.165, 1.54) is 17.5 Å². The van der Waals surface area contributed by atoms with E-state index in [9.17, 15) is 0 Å². The second-order valence-electron chi connectivity index (χ2n) is 6.11. The van der Waals surface area contributed by atoms with Crippen molar-refractivity contribution < 1.29 is 4.74 Å². The molecule has 1 unspecified atom stereocenters. The molecule has 1 aliphatic rings. The minimum Gasteiger partial charge on any atom is -0.492 e. The van der Waals surface area contributed by atoms with Crippen LogP contribution in [0.3, 0.4) is 0 Å². The number of ether oxygens (including phenoxy) is 1. The summed E-state index contributed by atoms with van der Waals surface area (Å²) in [4.78, 5) is 2.46. The van der Waals surface area contributed by atoms with Gasteiger partial charge in [0.1, 0.15) is 12.4 Å². The van der Waals surface area contributed by atoms with Gasteiger partial charge in [-0.2, -0.15) is 0 Å². The van der Waals surface area contributed by atoms with E-state index < -0.39 is 0 Å². The van der Waals surface area contributed by atoms with Gasteiger partial charge in [-0.3, -0.25) is 4.90 Å². The molecule has 0 spiro atoms. The van der Waals surface area contributed by atoms with E-state index in [4.69, 9.17) is 10.5 Å². The summed E-state index contributed by atoms with van der Waals surface area (Å²) >= 11 is 0. The van der Waals surface area contributed by atoms with E-state index >= 15 is 0 Å². The molecule has 0 amide bonds. The topological polar surface area (TPSA) is 38.5 Å². The minimum atomic E-state index is 0. The quantitative estimate of drug-likeness (QED) is 0.908. The monoisotopic (exact) mass is 298 g/mol. The average molecular weight is 299 g/mol. The van der Waals surface area contributed by atoms with E-state index in [0.717, 1.165) is 38.5 Å². The molecule has 1 aromatic rings. The van der Waals surface area contributed by atoms with Gasteiger partial charge in [-0.1, -0.05) is 25.1 Å². The van der Waals surface area contributed by atoms with Gasteiger partial charge in [0, 0.05) is 13.1 Å². The van der Waals surface area contributed by atoms with Crippen LogP contribution in [0.5, 0.6) is 5.75 Å². The largest absolute Gasteiger partial charge is 0.492 e. The molecule has 2 rings (SSSR count). The van der Waals surface area contributed by atoms with Gasteiger partial charge in [-0.05, 0) is 49.9 Å².